The zero-order valence-corrected chi connectivity index (χ0v) is 11.2. The van der Waals surface area contributed by atoms with Crippen molar-refractivity contribution in [2.75, 3.05) is 0 Å². The smallest absolute Gasteiger partial charge is 0.276 e. The number of hydrogen-bond donors (Lipinski definition) is 0. The molecule has 8 nitrogen and oxygen atoms in total. The molecule has 0 amide bonds. The molecular weight excluding hydrogens is 282 g/mol. The lowest BCUT2D eigenvalue weighted by molar-refractivity contribution is 0.430. The van der Waals surface area contributed by atoms with Crippen LogP contribution in [0.15, 0.2) is 59.8 Å². The highest BCUT2D eigenvalue weighted by atomic mass is 16.5. The van der Waals surface area contributed by atoms with Gasteiger partial charge in [-0.1, -0.05) is 11.2 Å². The van der Waals surface area contributed by atoms with Crippen molar-refractivity contribution < 1.29 is 4.52 Å². The van der Waals surface area contributed by atoms with Crippen molar-refractivity contribution in [3.05, 3.63) is 55.2 Å². The van der Waals surface area contributed by atoms with Crippen molar-refractivity contribution >= 4 is 0 Å². The van der Waals surface area contributed by atoms with E-state index in [2.05, 4.69) is 30.2 Å². The lowest BCUT2D eigenvalue weighted by atomic mass is 10.3. The molecule has 0 aromatic carbocycles. The minimum absolute atomic E-state index is 0.314. The van der Waals surface area contributed by atoms with Gasteiger partial charge in [0.1, 0.15) is 11.4 Å². The van der Waals surface area contributed by atoms with Crippen LogP contribution in [0.2, 0.25) is 0 Å². The predicted molar refractivity (Wildman–Crippen MR) is 75.7 cm³/mol. The maximum absolute atomic E-state index is 5.26. The molecule has 0 saturated heterocycles. The van der Waals surface area contributed by atoms with Crippen molar-refractivity contribution in [1.29, 1.82) is 0 Å². The molecule has 0 aliphatic heterocycles. The summed E-state index contributed by atoms with van der Waals surface area (Å²) < 4.78 is 6.91. The quantitative estimate of drug-likeness (QED) is 0.567. The Morgan fingerprint density at radius 3 is 2.77 bits per heavy atom. The van der Waals surface area contributed by atoms with Crippen LogP contribution < -0.4 is 0 Å². The molecule has 0 saturated carbocycles. The fourth-order valence-electron chi connectivity index (χ4n) is 1.92. The fourth-order valence-corrected chi connectivity index (χ4v) is 1.92. The third kappa shape index (κ3) is 2.22. The van der Waals surface area contributed by atoms with E-state index in [9.17, 15) is 0 Å². The lowest BCUT2D eigenvalue weighted by Gasteiger charge is -2.00. The third-order valence-corrected chi connectivity index (χ3v) is 2.91. The molecule has 0 spiro atoms. The second kappa shape index (κ2) is 5.17. The van der Waals surface area contributed by atoms with Gasteiger partial charge in [0.15, 0.2) is 5.82 Å². The van der Waals surface area contributed by atoms with Gasteiger partial charge in [-0.25, -0.2) is 14.6 Å². The van der Waals surface area contributed by atoms with E-state index in [1.54, 1.807) is 35.5 Å². The highest BCUT2D eigenvalue weighted by Crippen LogP contribution is 2.19. The zero-order valence-electron chi connectivity index (χ0n) is 11.2. The van der Waals surface area contributed by atoms with Crippen LogP contribution in [0.4, 0.5) is 0 Å². The Morgan fingerprint density at radius 2 is 1.95 bits per heavy atom. The summed E-state index contributed by atoms with van der Waals surface area (Å²) >= 11 is 0. The molecule has 0 N–H and O–H groups in total. The first-order valence-electron chi connectivity index (χ1n) is 6.48. The van der Waals surface area contributed by atoms with Crippen LogP contribution in [0.5, 0.6) is 0 Å². The molecule has 22 heavy (non-hydrogen) atoms. The fraction of sp³-hybridized carbons (Fsp3) is 0. The van der Waals surface area contributed by atoms with E-state index in [1.165, 1.54) is 0 Å². The number of nitrogens with zero attached hydrogens (tertiary/aromatic N) is 7. The topological polar surface area (TPSA) is 95.4 Å². The van der Waals surface area contributed by atoms with Gasteiger partial charge in [-0.3, -0.25) is 4.98 Å². The van der Waals surface area contributed by atoms with Crippen molar-refractivity contribution in [2.45, 2.75) is 0 Å². The van der Waals surface area contributed by atoms with Gasteiger partial charge in [-0.2, -0.15) is 10.1 Å². The van der Waals surface area contributed by atoms with Crippen LogP contribution in [-0.4, -0.2) is 34.9 Å². The average molecular weight is 291 g/mol. The highest BCUT2D eigenvalue weighted by molar-refractivity contribution is 5.54. The first-order valence-corrected chi connectivity index (χ1v) is 6.48. The van der Waals surface area contributed by atoms with E-state index in [1.807, 2.05) is 24.4 Å². The van der Waals surface area contributed by atoms with Crippen molar-refractivity contribution in [1.82, 2.24) is 34.9 Å². The minimum atomic E-state index is 0.314. The van der Waals surface area contributed by atoms with Crippen molar-refractivity contribution in [2.24, 2.45) is 0 Å². The van der Waals surface area contributed by atoms with E-state index < -0.39 is 0 Å². The molecule has 0 bridgehead atoms. The number of aromatic nitrogens is 7. The van der Waals surface area contributed by atoms with Crippen LogP contribution >= 0.6 is 0 Å². The Bertz CT molecular complexity index is 886. The number of pyridine rings is 1. The van der Waals surface area contributed by atoms with E-state index in [4.69, 9.17) is 4.52 Å². The summed E-state index contributed by atoms with van der Waals surface area (Å²) in [5, 5.41) is 8.05. The van der Waals surface area contributed by atoms with Crippen LogP contribution in [-0.2, 0) is 0 Å². The Hall–Kier alpha value is -3.42. The molecule has 0 aliphatic rings. The van der Waals surface area contributed by atoms with Gasteiger partial charge in [0, 0.05) is 24.8 Å². The third-order valence-electron chi connectivity index (χ3n) is 2.91. The van der Waals surface area contributed by atoms with E-state index in [0.29, 0.717) is 28.9 Å². The second-order valence-corrected chi connectivity index (χ2v) is 4.35. The van der Waals surface area contributed by atoms with Crippen molar-refractivity contribution in [3.8, 4) is 28.9 Å². The van der Waals surface area contributed by atoms with Gasteiger partial charge < -0.3 is 4.52 Å². The largest absolute Gasteiger partial charge is 0.332 e. The van der Waals surface area contributed by atoms with E-state index in [-0.39, 0.29) is 0 Å². The summed E-state index contributed by atoms with van der Waals surface area (Å²) in [6, 6.07) is 7.32. The Labute approximate surface area is 124 Å². The summed E-state index contributed by atoms with van der Waals surface area (Å²) in [6.07, 6.45) is 8.22. The molecular formula is C14H9N7O. The minimum Gasteiger partial charge on any atom is -0.332 e. The SMILES string of the molecule is c1cc(-c2nc(-c3cnccn3)no2)nc(-n2cccn2)c1. The number of rotatable bonds is 3. The molecule has 0 aliphatic carbocycles. The summed E-state index contributed by atoms with van der Waals surface area (Å²) in [6.45, 7) is 0. The molecule has 8 heteroatoms. The standard InChI is InChI=1S/C14H9N7O/c1-3-10(18-12(4-1)21-8-2-5-17-21)14-19-13(20-22-14)11-9-15-6-7-16-11/h1-9H. The lowest BCUT2D eigenvalue weighted by Crippen LogP contribution is -1.98. The van der Waals surface area contributed by atoms with Gasteiger partial charge in [0.2, 0.25) is 5.82 Å². The molecule has 4 rings (SSSR count). The Morgan fingerprint density at radius 1 is 0.955 bits per heavy atom. The van der Waals surface area contributed by atoms with Crippen LogP contribution in [0.1, 0.15) is 0 Å². The first kappa shape index (κ1) is 12.3. The van der Waals surface area contributed by atoms with Crippen molar-refractivity contribution in [3.63, 3.8) is 0 Å². The van der Waals surface area contributed by atoms with Gasteiger partial charge in [-0.05, 0) is 18.2 Å². The maximum Gasteiger partial charge on any atom is 0.276 e. The zero-order chi connectivity index (χ0) is 14.8. The van der Waals surface area contributed by atoms with Crippen LogP contribution in [0.3, 0.4) is 0 Å². The summed E-state index contributed by atoms with van der Waals surface area (Å²) in [5.41, 5.74) is 1.11. The van der Waals surface area contributed by atoms with E-state index >= 15 is 0 Å². The molecule has 106 valence electrons. The monoisotopic (exact) mass is 291 g/mol. The molecule has 4 heterocycles. The number of hydrogen-bond acceptors (Lipinski definition) is 7. The van der Waals surface area contributed by atoms with Crippen LogP contribution in [0.25, 0.3) is 28.9 Å². The summed E-state index contributed by atoms with van der Waals surface area (Å²) in [7, 11) is 0. The Balaban J connectivity index is 1.71. The average Bonchev–Trinajstić information content (AvgIpc) is 3.28. The Kier molecular flexibility index (Phi) is 2.90. The molecule has 4 aromatic rings. The molecule has 0 radical (unpaired) electrons. The van der Waals surface area contributed by atoms with Crippen LogP contribution in [0, 0.1) is 0 Å². The molecule has 0 unspecified atom stereocenters. The normalized spacial score (nSPS) is 10.7. The maximum atomic E-state index is 5.26. The predicted octanol–water partition coefficient (Wildman–Crippen LogP) is 1.77. The second-order valence-electron chi connectivity index (χ2n) is 4.35. The van der Waals surface area contributed by atoms with Gasteiger partial charge >= 0.3 is 0 Å². The summed E-state index contributed by atoms with van der Waals surface area (Å²) in [4.78, 5) is 16.9. The molecule has 0 atom stereocenters. The van der Waals surface area contributed by atoms with Gasteiger partial charge in [0.05, 0.1) is 6.20 Å². The first-order chi connectivity index (χ1) is 10.9. The van der Waals surface area contributed by atoms with Gasteiger partial charge in [-0.15, -0.1) is 0 Å². The van der Waals surface area contributed by atoms with E-state index in [0.717, 1.165) is 0 Å². The molecule has 0 fully saturated rings. The molecule has 4 aromatic heterocycles. The van der Waals surface area contributed by atoms with Gasteiger partial charge in [0.25, 0.3) is 5.89 Å². The highest BCUT2D eigenvalue weighted by Gasteiger charge is 2.13. The summed E-state index contributed by atoms with van der Waals surface area (Å²) in [5.74, 6) is 1.35.